The van der Waals surface area contributed by atoms with Gasteiger partial charge in [-0.15, -0.1) is 0 Å². The number of carbonyl (C=O) groups is 3. The Morgan fingerprint density at radius 2 is 1.34 bits per heavy atom. The number of hydrogen-bond donors (Lipinski definition) is 14. The van der Waals surface area contributed by atoms with E-state index in [2.05, 4.69) is 0 Å². The number of aliphatic carboxylic acids is 1. The first kappa shape index (κ1) is 60.4. The third kappa shape index (κ3) is 11.2. The number of fused-ring (bicyclic) bond motifs is 3. The largest absolute Gasteiger partial charge is 0.507 e. The van der Waals surface area contributed by atoms with Crippen molar-refractivity contribution >= 4 is 17.5 Å². The zero-order valence-electron chi connectivity index (χ0n) is 44.0. The van der Waals surface area contributed by atoms with E-state index < -0.39 is 213 Å². The van der Waals surface area contributed by atoms with Gasteiger partial charge in [0.15, 0.2) is 30.9 Å². The number of aromatic hydroxyl groups is 2. The van der Waals surface area contributed by atoms with Gasteiger partial charge < -0.3 is 119 Å². The second kappa shape index (κ2) is 24.6. The molecule has 0 radical (unpaired) electrons. The second-order valence-corrected chi connectivity index (χ2v) is 21.7. The van der Waals surface area contributed by atoms with Crippen LogP contribution in [0.5, 0.6) is 17.2 Å². The topological polar surface area (TPSA) is 430 Å². The Morgan fingerprint density at radius 3 is 2.00 bits per heavy atom. The number of aliphatic hydroxyl groups excluding tert-OH is 11. The summed E-state index contributed by atoms with van der Waals surface area (Å²) in [7, 11) is 1.29. The lowest BCUT2D eigenvalue weighted by molar-refractivity contribution is -0.355. The average molecular weight is 1140 g/mol. The number of rotatable bonds is 16. The third-order valence-electron chi connectivity index (χ3n) is 16.3. The Kier molecular flexibility index (Phi) is 18.5. The molecule has 446 valence electrons. The number of phenolic OH excluding ortho intramolecular Hbond substituents is 2. The highest BCUT2D eigenvalue weighted by Gasteiger charge is 2.54. The molecule has 28 nitrogen and oxygen atoms in total. The number of carboxylic acids is 1. The van der Waals surface area contributed by atoms with Crippen LogP contribution in [0.1, 0.15) is 82.7 Å². The number of ketones is 2. The molecule has 18 unspecified atom stereocenters. The number of nitrogens with zero attached hydrogens (tertiary/aromatic N) is 1. The van der Waals surface area contributed by atoms with Crippen LogP contribution < -0.4 is 4.74 Å². The van der Waals surface area contributed by atoms with Crippen LogP contribution in [0.2, 0.25) is 0 Å². The fourth-order valence-corrected chi connectivity index (χ4v) is 12.0. The van der Waals surface area contributed by atoms with Crippen LogP contribution in [0.4, 0.5) is 0 Å². The van der Waals surface area contributed by atoms with E-state index in [1.165, 1.54) is 32.2 Å². The van der Waals surface area contributed by atoms with E-state index in [1.807, 2.05) is 0 Å². The number of carbonyl (C=O) groups excluding carboxylic acids is 2. The van der Waals surface area contributed by atoms with Crippen molar-refractivity contribution in [1.29, 1.82) is 0 Å². The van der Waals surface area contributed by atoms with E-state index >= 15 is 0 Å². The molecule has 0 bridgehead atoms. The number of hydrogen-bond acceptors (Lipinski definition) is 27. The number of ether oxygens (including phenoxy) is 10. The monoisotopic (exact) mass is 1140 g/mol. The summed E-state index contributed by atoms with van der Waals surface area (Å²) >= 11 is 0. The molecule has 14 N–H and O–H groups in total. The molecular weight excluding hydrogens is 1070 g/mol. The van der Waals surface area contributed by atoms with E-state index in [1.54, 1.807) is 18.7 Å². The van der Waals surface area contributed by atoms with Crippen LogP contribution >= 0.6 is 0 Å². The fourth-order valence-electron chi connectivity index (χ4n) is 12.0. The predicted molar refractivity (Wildman–Crippen MR) is 262 cm³/mol. The van der Waals surface area contributed by atoms with E-state index in [0.717, 1.165) is 0 Å². The Hall–Kier alpha value is -4.19. The summed E-state index contributed by atoms with van der Waals surface area (Å²) in [5, 5.41) is 153. The van der Waals surface area contributed by atoms with Gasteiger partial charge >= 0.3 is 5.97 Å². The number of carboxylic acid groups (broad SMARTS) is 1. The molecule has 5 aliphatic heterocycles. The van der Waals surface area contributed by atoms with E-state index in [4.69, 9.17) is 47.4 Å². The van der Waals surface area contributed by atoms with Crippen LogP contribution in [-0.2, 0) is 53.8 Å². The van der Waals surface area contributed by atoms with E-state index in [9.17, 15) is 85.9 Å². The molecule has 28 heteroatoms. The van der Waals surface area contributed by atoms with Gasteiger partial charge in [-0.25, -0.2) is 0 Å². The van der Waals surface area contributed by atoms with Gasteiger partial charge in [-0.05, 0) is 31.7 Å². The van der Waals surface area contributed by atoms with Crippen molar-refractivity contribution in [1.82, 2.24) is 4.90 Å². The summed E-state index contributed by atoms with van der Waals surface area (Å²) in [5.41, 5.74) is -1.54. The molecule has 23 atom stereocenters. The highest BCUT2D eigenvalue weighted by molar-refractivity contribution is 6.31. The number of phenols is 2. The molecule has 0 saturated carbocycles. The summed E-state index contributed by atoms with van der Waals surface area (Å²) in [6.45, 7) is 1.87. The lowest BCUT2D eigenvalue weighted by Gasteiger charge is -2.49. The summed E-state index contributed by atoms with van der Waals surface area (Å²) in [4.78, 5) is 42.4. The Morgan fingerprint density at radius 1 is 0.675 bits per heavy atom. The first-order chi connectivity index (χ1) is 38.0. The highest BCUT2D eigenvalue weighted by Crippen LogP contribution is 2.52. The molecule has 0 aromatic heterocycles. The lowest BCUT2D eigenvalue weighted by atomic mass is 9.74. The average Bonchev–Trinajstić information content (AvgIpc) is 3.57. The van der Waals surface area contributed by atoms with Gasteiger partial charge in [0.1, 0.15) is 90.5 Å². The first-order valence-electron chi connectivity index (χ1n) is 26.5. The Balaban J connectivity index is 0.908. The number of aliphatic hydroxyl groups is 11. The van der Waals surface area contributed by atoms with Gasteiger partial charge in [0, 0.05) is 35.7 Å². The SMILES string of the molecule is COc1cccc2c1C(=O)c1c(O)c3c(c(O)c1C2=O)C[C@@H](C(=O)O)C[C@@H]3OC1C[C@H](N2CC(CO)OC(OC3C(O)C(CO)OC(OCC4OC(C(C)C)C(O)C(OC5OC(CO)C(O)C(O)C5O)C4O)C3O)C2)[C@H](O)[C@H](C)O1. The molecule has 0 spiro atoms. The highest BCUT2D eigenvalue weighted by atomic mass is 16.7. The zero-order valence-corrected chi connectivity index (χ0v) is 44.0. The van der Waals surface area contributed by atoms with E-state index in [0.29, 0.717) is 0 Å². The molecule has 5 saturated heterocycles. The minimum atomic E-state index is -1.88. The number of methoxy groups -OCH3 is 1. The number of morpholine rings is 1. The van der Waals surface area contributed by atoms with Crippen LogP contribution in [0.15, 0.2) is 18.2 Å². The molecule has 2 aromatic carbocycles. The van der Waals surface area contributed by atoms with Crippen molar-refractivity contribution in [3.63, 3.8) is 0 Å². The van der Waals surface area contributed by atoms with Crippen molar-refractivity contribution in [3.05, 3.63) is 51.6 Å². The molecule has 80 heavy (non-hydrogen) atoms. The summed E-state index contributed by atoms with van der Waals surface area (Å²) < 4.78 is 59.2. The predicted octanol–water partition coefficient (Wildman–Crippen LogP) is -4.36. The molecule has 2 aromatic rings. The Labute approximate surface area is 457 Å². The quantitative estimate of drug-likeness (QED) is 0.0603. The van der Waals surface area contributed by atoms with Crippen molar-refractivity contribution in [3.8, 4) is 17.2 Å². The normalized spacial score (nSPS) is 40.5. The van der Waals surface area contributed by atoms with Crippen molar-refractivity contribution in [2.75, 3.05) is 46.6 Å². The standard InChI is InChI=1S/C52H71NO27/c1-17(2)47-45(67)48(80-52-44(66)43(65)38(60)26(14-55)78-52)40(62)28(76-47)16-72-51-46(68)49(39(61)27(15-56)77-51)79-30-12-53(11-20(13-54)74-30)23-10-29(73-18(3)35(23)57)75-25-9-19(50(69)70)8-22-32(25)42(64)34-33(37(22)59)36(58)21-6-5-7-24(71-4)31(21)41(34)63/h5-7,17-20,23,25-30,35,38-40,43-49,51-52,54-57,59-62,64-68H,8-16H2,1-4H3,(H,69,70)/t18-,19+,20?,23-,25-,26?,27?,28?,29?,30?,35+,38?,39?,40?,43?,44?,45?,46?,47?,48?,49?,51?,52?/m0/s1. The van der Waals surface area contributed by atoms with Crippen molar-refractivity contribution in [2.45, 2.75) is 175 Å². The van der Waals surface area contributed by atoms with Gasteiger partial charge in [-0.1, -0.05) is 26.0 Å². The van der Waals surface area contributed by atoms with Gasteiger partial charge in [0.05, 0.1) is 93.2 Å². The third-order valence-corrected chi connectivity index (χ3v) is 16.3. The Bertz CT molecular complexity index is 2550. The first-order valence-corrected chi connectivity index (χ1v) is 26.5. The second-order valence-electron chi connectivity index (χ2n) is 21.7. The van der Waals surface area contributed by atoms with Crippen LogP contribution in [0, 0.1) is 11.8 Å². The minimum absolute atomic E-state index is 0.0342. The molecule has 7 aliphatic rings. The molecular formula is C52H71NO27. The smallest absolute Gasteiger partial charge is 0.306 e. The van der Waals surface area contributed by atoms with Crippen LogP contribution in [0.3, 0.4) is 0 Å². The maximum absolute atomic E-state index is 14.1. The minimum Gasteiger partial charge on any atom is -0.507 e. The van der Waals surface area contributed by atoms with Gasteiger partial charge in [-0.2, -0.15) is 0 Å². The van der Waals surface area contributed by atoms with Crippen molar-refractivity contribution < 1.29 is 133 Å². The molecule has 5 fully saturated rings. The molecule has 5 heterocycles. The summed E-state index contributed by atoms with van der Waals surface area (Å²) in [5.74, 6) is -5.94. The van der Waals surface area contributed by atoms with Crippen LogP contribution in [-0.4, -0.2) is 269 Å². The van der Waals surface area contributed by atoms with E-state index in [-0.39, 0.29) is 60.4 Å². The van der Waals surface area contributed by atoms with Gasteiger partial charge in [-0.3, -0.25) is 19.3 Å². The van der Waals surface area contributed by atoms with Crippen LogP contribution in [0.25, 0.3) is 0 Å². The fraction of sp³-hybridized carbons (Fsp3) is 0.712. The maximum Gasteiger partial charge on any atom is 0.306 e. The van der Waals surface area contributed by atoms with Gasteiger partial charge in [0.2, 0.25) is 5.78 Å². The summed E-state index contributed by atoms with van der Waals surface area (Å²) in [6, 6.07) is 3.39. The van der Waals surface area contributed by atoms with Gasteiger partial charge in [0.25, 0.3) is 0 Å². The molecule has 0 amide bonds. The molecule has 9 rings (SSSR count). The molecule has 2 aliphatic carbocycles. The van der Waals surface area contributed by atoms with Crippen molar-refractivity contribution in [2.24, 2.45) is 11.8 Å². The zero-order chi connectivity index (χ0) is 57.9. The summed E-state index contributed by atoms with van der Waals surface area (Å²) in [6.07, 6.45) is -32.5. The maximum atomic E-state index is 14.1. The number of benzene rings is 2. The lowest BCUT2D eigenvalue weighted by Crippen LogP contribution is -2.66.